The molecule has 0 saturated carbocycles. The number of nitrogens with zero attached hydrogens (tertiary/aromatic N) is 4. The maximum Gasteiger partial charge on any atom is 0.226 e. The third-order valence-corrected chi connectivity index (χ3v) is 5.52. The van der Waals surface area contributed by atoms with Gasteiger partial charge in [-0.05, 0) is 13.8 Å². The van der Waals surface area contributed by atoms with Crippen LogP contribution in [0.2, 0.25) is 0 Å². The number of aryl methyl sites for hydroxylation is 2. The summed E-state index contributed by atoms with van der Waals surface area (Å²) in [6.45, 7) is 9.87. The van der Waals surface area contributed by atoms with Crippen molar-refractivity contribution >= 4 is 0 Å². The van der Waals surface area contributed by atoms with E-state index < -0.39 is 0 Å². The van der Waals surface area contributed by atoms with Crippen LogP contribution in [0.25, 0.3) is 0 Å². The van der Waals surface area contributed by atoms with Gasteiger partial charge in [-0.15, -0.1) is 10.2 Å². The molecule has 4 heterocycles. The van der Waals surface area contributed by atoms with Gasteiger partial charge in [0, 0.05) is 49.8 Å². The van der Waals surface area contributed by atoms with Gasteiger partial charge in [0.2, 0.25) is 11.8 Å². The van der Waals surface area contributed by atoms with E-state index in [-0.39, 0.29) is 5.41 Å². The molecule has 0 radical (unpaired) electrons. The molecule has 0 bridgehead atoms. The van der Waals surface area contributed by atoms with E-state index in [0.717, 1.165) is 48.8 Å². The maximum absolute atomic E-state index is 5.78. The van der Waals surface area contributed by atoms with E-state index in [9.17, 15) is 0 Å². The Hall–Kier alpha value is -1.99. The lowest BCUT2D eigenvalue weighted by Crippen LogP contribution is -2.36. The van der Waals surface area contributed by atoms with Crippen LogP contribution in [0.15, 0.2) is 10.6 Å². The van der Waals surface area contributed by atoms with Crippen molar-refractivity contribution in [1.29, 1.82) is 0 Å². The molecular weight excluding hydrogens is 320 g/mol. The zero-order chi connectivity index (χ0) is 17.6. The van der Waals surface area contributed by atoms with E-state index in [4.69, 9.17) is 13.9 Å². The van der Waals surface area contributed by atoms with E-state index in [1.807, 2.05) is 20.0 Å². The summed E-state index contributed by atoms with van der Waals surface area (Å²) in [5, 5.41) is 8.32. The summed E-state index contributed by atoms with van der Waals surface area (Å²) in [6.07, 6.45) is 1.89. The molecule has 2 fully saturated rings. The monoisotopic (exact) mass is 344 g/mol. The molecule has 134 valence electrons. The van der Waals surface area contributed by atoms with Crippen molar-refractivity contribution in [2.45, 2.75) is 32.7 Å². The average molecular weight is 344 g/mol. The van der Waals surface area contributed by atoms with Gasteiger partial charge in [-0.1, -0.05) is 0 Å². The second-order valence-corrected chi connectivity index (χ2v) is 7.21. The molecule has 2 aliphatic rings. The molecule has 0 unspecified atom stereocenters. The largest absolute Gasteiger partial charge is 0.496 e. The Morgan fingerprint density at radius 1 is 1.32 bits per heavy atom. The van der Waals surface area contributed by atoms with Crippen molar-refractivity contribution in [2.75, 3.05) is 33.4 Å². The fraction of sp³-hybridized carbons (Fsp3) is 0.611. The van der Waals surface area contributed by atoms with E-state index in [2.05, 4.69) is 27.0 Å². The average Bonchev–Trinajstić information content (AvgIpc) is 3.24. The quantitative estimate of drug-likeness (QED) is 0.837. The van der Waals surface area contributed by atoms with Crippen LogP contribution in [-0.2, 0) is 16.7 Å². The molecule has 2 aliphatic heterocycles. The molecule has 0 aliphatic carbocycles. The van der Waals surface area contributed by atoms with Crippen molar-refractivity contribution in [3.63, 3.8) is 0 Å². The fourth-order valence-corrected chi connectivity index (χ4v) is 4.20. The van der Waals surface area contributed by atoms with Crippen LogP contribution in [0.1, 0.15) is 28.6 Å². The highest BCUT2D eigenvalue weighted by atomic mass is 16.5. The molecule has 7 heteroatoms. The topological polar surface area (TPSA) is 73.5 Å². The zero-order valence-corrected chi connectivity index (χ0v) is 15.2. The molecule has 4 rings (SSSR count). The Kier molecular flexibility index (Phi) is 4.00. The molecule has 0 spiro atoms. The second-order valence-electron chi connectivity index (χ2n) is 7.21. The summed E-state index contributed by atoms with van der Waals surface area (Å²) in [4.78, 5) is 7.05. The van der Waals surface area contributed by atoms with Gasteiger partial charge in [0.1, 0.15) is 5.75 Å². The lowest BCUT2D eigenvalue weighted by molar-refractivity contribution is 0.139. The first-order valence-corrected chi connectivity index (χ1v) is 8.63. The highest BCUT2D eigenvalue weighted by molar-refractivity contribution is 5.41. The summed E-state index contributed by atoms with van der Waals surface area (Å²) in [7, 11) is 1.71. The number of fused-ring (bicyclic) bond motifs is 1. The normalized spacial score (nSPS) is 26.2. The predicted molar refractivity (Wildman–Crippen MR) is 90.6 cm³/mol. The summed E-state index contributed by atoms with van der Waals surface area (Å²) < 4.78 is 17.1. The van der Waals surface area contributed by atoms with Gasteiger partial charge in [-0.3, -0.25) is 9.88 Å². The van der Waals surface area contributed by atoms with Gasteiger partial charge in [0.15, 0.2) is 0 Å². The number of pyridine rings is 1. The summed E-state index contributed by atoms with van der Waals surface area (Å²) in [5.74, 6) is 2.62. The number of likely N-dealkylation sites (tertiary alicyclic amines) is 1. The molecule has 2 aromatic heterocycles. The molecule has 2 saturated heterocycles. The molecular formula is C18H24N4O3. The van der Waals surface area contributed by atoms with Crippen LogP contribution < -0.4 is 4.74 Å². The molecule has 7 nitrogen and oxygen atoms in total. The van der Waals surface area contributed by atoms with Crippen LogP contribution in [0.4, 0.5) is 0 Å². The van der Waals surface area contributed by atoms with Gasteiger partial charge < -0.3 is 13.9 Å². The second kappa shape index (κ2) is 6.07. The van der Waals surface area contributed by atoms with E-state index in [0.29, 0.717) is 24.3 Å². The molecule has 25 heavy (non-hydrogen) atoms. The first kappa shape index (κ1) is 16.5. The smallest absolute Gasteiger partial charge is 0.226 e. The number of methoxy groups -OCH3 is 1. The molecule has 0 N–H and O–H groups in total. The number of ether oxygens (including phenoxy) is 2. The number of aromatic nitrogens is 3. The summed E-state index contributed by atoms with van der Waals surface area (Å²) >= 11 is 0. The highest BCUT2D eigenvalue weighted by Crippen LogP contribution is 2.43. The van der Waals surface area contributed by atoms with Gasteiger partial charge >= 0.3 is 0 Å². The number of hydrogen-bond donors (Lipinski definition) is 0. The fourth-order valence-electron chi connectivity index (χ4n) is 4.20. The van der Waals surface area contributed by atoms with Crippen LogP contribution in [0.3, 0.4) is 0 Å². The Morgan fingerprint density at radius 2 is 2.16 bits per heavy atom. The summed E-state index contributed by atoms with van der Waals surface area (Å²) in [5.41, 5.74) is 3.04. The van der Waals surface area contributed by atoms with E-state index >= 15 is 0 Å². The van der Waals surface area contributed by atoms with E-state index in [1.54, 1.807) is 7.11 Å². The van der Waals surface area contributed by atoms with Crippen molar-refractivity contribution < 1.29 is 13.9 Å². The third kappa shape index (κ3) is 2.62. The van der Waals surface area contributed by atoms with E-state index in [1.165, 1.54) is 0 Å². The zero-order valence-electron chi connectivity index (χ0n) is 15.2. The van der Waals surface area contributed by atoms with Crippen molar-refractivity contribution in [2.24, 2.45) is 5.92 Å². The summed E-state index contributed by atoms with van der Waals surface area (Å²) in [6, 6.07) is 0. The molecule has 2 aromatic rings. The maximum atomic E-state index is 5.78. The van der Waals surface area contributed by atoms with Gasteiger partial charge in [0.25, 0.3) is 0 Å². The van der Waals surface area contributed by atoms with Crippen LogP contribution in [0.5, 0.6) is 5.75 Å². The standard InChI is InChI=1S/C18H24N4O3/c1-11-5-19-15(12(2)16(11)23-4)7-22-6-14-8-24-10-18(14,9-22)17-21-20-13(3)25-17/h5,14H,6-10H2,1-4H3/t14-,18-/m1/s1. The van der Waals surface area contributed by atoms with Crippen LogP contribution >= 0.6 is 0 Å². The number of hydrogen-bond acceptors (Lipinski definition) is 7. The first-order chi connectivity index (χ1) is 12.0. The minimum absolute atomic E-state index is 0.191. The third-order valence-electron chi connectivity index (χ3n) is 5.52. The van der Waals surface area contributed by atoms with Gasteiger partial charge in [-0.25, -0.2) is 0 Å². The molecule has 2 atom stereocenters. The van der Waals surface area contributed by atoms with Crippen LogP contribution in [0, 0.1) is 26.7 Å². The van der Waals surface area contributed by atoms with Crippen LogP contribution in [-0.4, -0.2) is 53.5 Å². The van der Waals surface area contributed by atoms with Gasteiger partial charge in [-0.2, -0.15) is 0 Å². The molecule has 0 amide bonds. The minimum Gasteiger partial charge on any atom is -0.496 e. The van der Waals surface area contributed by atoms with Crippen molar-refractivity contribution in [3.05, 3.63) is 34.8 Å². The Morgan fingerprint density at radius 3 is 2.88 bits per heavy atom. The van der Waals surface area contributed by atoms with Crippen molar-refractivity contribution in [3.8, 4) is 5.75 Å². The Labute approximate surface area is 147 Å². The Balaban J connectivity index is 1.58. The number of rotatable bonds is 4. The SMILES string of the molecule is COc1c(C)cnc(CN2C[C@@H]3COC[C@]3(c3nnc(C)o3)C2)c1C. The molecule has 0 aromatic carbocycles. The minimum atomic E-state index is -0.191. The first-order valence-electron chi connectivity index (χ1n) is 8.63. The Bertz CT molecular complexity index is 791. The highest BCUT2D eigenvalue weighted by Gasteiger charge is 2.55. The lowest BCUT2D eigenvalue weighted by Gasteiger charge is -2.23. The lowest BCUT2D eigenvalue weighted by atomic mass is 9.81. The van der Waals surface area contributed by atoms with Gasteiger partial charge in [0.05, 0.1) is 31.4 Å². The van der Waals surface area contributed by atoms with Crippen molar-refractivity contribution in [1.82, 2.24) is 20.1 Å². The predicted octanol–water partition coefficient (Wildman–Crippen LogP) is 1.80.